The van der Waals surface area contributed by atoms with Gasteiger partial charge in [-0.2, -0.15) is 0 Å². The Morgan fingerprint density at radius 2 is 1.96 bits per heavy atom. The highest BCUT2D eigenvalue weighted by Gasteiger charge is 2.28. The predicted octanol–water partition coefficient (Wildman–Crippen LogP) is 4.64. The van der Waals surface area contributed by atoms with E-state index in [1.807, 2.05) is 64.1 Å². The molecule has 0 aliphatic heterocycles. The number of amides is 1. The SMILES string of the molecule is C[C@@H](N[S+]([O-])C(C)(C)C)c1ccc(-c2ccccc2CN(C)C(=O)O)s1. The van der Waals surface area contributed by atoms with Crippen molar-refractivity contribution in [1.82, 2.24) is 9.62 Å². The van der Waals surface area contributed by atoms with Crippen LogP contribution in [0.4, 0.5) is 4.79 Å². The zero-order valence-corrected chi connectivity index (χ0v) is 17.4. The minimum Gasteiger partial charge on any atom is -0.598 e. The van der Waals surface area contributed by atoms with Crippen LogP contribution >= 0.6 is 11.3 Å². The average Bonchev–Trinajstić information content (AvgIpc) is 3.04. The second-order valence-electron chi connectivity index (χ2n) is 7.22. The number of nitrogens with one attached hydrogen (secondary N) is 1. The third-order valence-corrected chi connectivity index (χ3v) is 6.89. The van der Waals surface area contributed by atoms with Crippen LogP contribution in [0.15, 0.2) is 36.4 Å². The number of hydrogen-bond donors (Lipinski definition) is 2. The van der Waals surface area contributed by atoms with Crippen molar-refractivity contribution in [1.29, 1.82) is 0 Å². The summed E-state index contributed by atoms with van der Waals surface area (Å²) in [5, 5.41) is 9.12. The smallest absolute Gasteiger partial charge is 0.407 e. The molecular weight excluding hydrogens is 368 g/mol. The molecule has 2 rings (SSSR count). The summed E-state index contributed by atoms with van der Waals surface area (Å²) in [5.41, 5.74) is 1.99. The maximum absolute atomic E-state index is 12.3. The quantitative estimate of drug-likeness (QED) is 0.700. The Morgan fingerprint density at radius 3 is 2.58 bits per heavy atom. The molecule has 0 fully saturated rings. The average molecular weight is 395 g/mol. The van der Waals surface area contributed by atoms with Crippen molar-refractivity contribution in [3.05, 3.63) is 46.8 Å². The first-order chi connectivity index (χ1) is 12.1. The zero-order chi connectivity index (χ0) is 19.5. The summed E-state index contributed by atoms with van der Waals surface area (Å²) in [6.07, 6.45) is -0.950. The van der Waals surface area contributed by atoms with Crippen molar-refractivity contribution < 1.29 is 14.5 Å². The van der Waals surface area contributed by atoms with E-state index in [1.54, 1.807) is 18.4 Å². The van der Waals surface area contributed by atoms with Gasteiger partial charge in [0.15, 0.2) is 0 Å². The van der Waals surface area contributed by atoms with Crippen molar-refractivity contribution in [2.75, 3.05) is 7.05 Å². The van der Waals surface area contributed by atoms with Crippen LogP contribution in [0.2, 0.25) is 0 Å². The van der Waals surface area contributed by atoms with E-state index in [0.29, 0.717) is 6.54 Å². The number of carbonyl (C=O) groups is 1. The molecule has 0 saturated carbocycles. The molecule has 0 aliphatic carbocycles. The Bertz CT molecular complexity index is 755. The molecule has 2 aromatic rings. The van der Waals surface area contributed by atoms with Gasteiger partial charge in [0.1, 0.15) is 4.75 Å². The summed E-state index contributed by atoms with van der Waals surface area (Å²) in [6, 6.07) is 11.9. The number of hydrogen-bond acceptors (Lipinski definition) is 4. The van der Waals surface area contributed by atoms with Crippen molar-refractivity contribution >= 4 is 28.8 Å². The van der Waals surface area contributed by atoms with E-state index in [2.05, 4.69) is 4.72 Å². The molecule has 0 spiro atoms. The van der Waals surface area contributed by atoms with Crippen LogP contribution in [0.1, 0.15) is 44.2 Å². The highest BCUT2D eigenvalue weighted by Crippen LogP contribution is 2.34. The van der Waals surface area contributed by atoms with Crippen molar-refractivity contribution in [2.45, 2.75) is 45.0 Å². The molecule has 142 valence electrons. The van der Waals surface area contributed by atoms with Crippen LogP contribution in [0.3, 0.4) is 0 Å². The molecule has 1 heterocycles. The topological polar surface area (TPSA) is 75.6 Å². The van der Waals surface area contributed by atoms with Gasteiger partial charge < -0.3 is 14.6 Å². The predicted molar refractivity (Wildman–Crippen MR) is 109 cm³/mol. The molecule has 0 saturated heterocycles. The van der Waals surface area contributed by atoms with E-state index in [1.165, 1.54) is 4.90 Å². The van der Waals surface area contributed by atoms with E-state index >= 15 is 0 Å². The van der Waals surface area contributed by atoms with Crippen LogP contribution in [0.5, 0.6) is 0 Å². The maximum atomic E-state index is 12.3. The van der Waals surface area contributed by atoms with Gasteiger partial charge in [-0.1, -0.05) is 24.3 Å². The Kier molecular flexibility index (Phi) is 6.74. The Labute approximate surface area is 162 Å². The highest BCUT2D eigenvalue weighted by molar-refractivity contribution is 7.90. The zero-order valence-electron chi connectivity index (χ0n) is 15.8. The summed E-state index contributed by atoms with van der Waals surface area (Å²) in [4.78, 5) is 14.6. The van der Waals surface area contributed by atoms with E-state index in [0.717, 1.165) is 20.9 Å². The first kappa shape index (κ1) is 20.8. The van der Waals surface area contributed by atoms with Crippen LogP contribution in [-0.2, 0) is 17.9 Å². The lowest BCUT2D eigenvalue weighted by molar-refractivity contribution is 0.154. The van der Waals surface area contributed by atoms with Gasteiger partial charge in [-0.3, -0.25) is 0 Å². The van der Waals surface area contributed by atoms with Gasteiger partial charge in [0, 0.05) is 34.7 Å². The first-order valence-corrected chi connectivity index (χ1v) is 10.4. The molecule has 2 N–H and O–H groups in total. The number of carboxylic acid groups (broad SMARTS) is 1. The monoisotopic (exact) mass is 394 g/mol. The molecule has 0 radical (unpaired) electrons. The van der Waals surface area contributed by atoms with Crippen LogP contribution in [-0.4, -0.2) is 32.4 Å². The van der Waals surface area contributed by atoms with Gasteiger partial charge in [0.05, 0.1) is 6.04 Å². The molecule has 2 atom stereocenters. The molecule has 0 bridgehead atoms. The molecule has 7 heteroatoms. The molecule has 1 aromatic heterocycles. The van der Waals surface area contributed by atoms with Gasteiger partial charge in [-0.05, 0) is 51.0 Å². The molecule has 1 unspecified atom stereocenters. The van der Waals surface area contributed by atoms with Gasteiger partial charge >= 0.3 is 6.09 Å². The van der Waals surface area contributed by atoms with E-state index < -0.39 is 17.5 Å². The lowest BCUT2D eigenvalue weighted by Crippen LogP contribution is -2.40. The van der Waals surface area contributed by atoms with Crippen molar-refractivity contribution in [3.8, 4) is 10.4 Å². The summed E-state index contributed by atoms with van der Waals surface area (Å²) in [6.45, 7) is 8.16. The fraction of sp³-hybridized carbons (Fsp3) is 0.421. The fourth-order valence-electron chi connectivity index (χ4n) is 2.35. The second kappa shape index (κ2) is 8.43. The lowest BCUT2D eigenvalue weighted by Gasteiger charge is -2.26. The van der Waals surface area contributed by atoms with Crippen LogP contribution in [0, 0.1) is 0 Å². The highest BCUT2D eigenvalue weighted by atomic mass is 32.2. The minimum atomic E-state index is -1.14. The van der Waals surface area contributed by atoms with Crippen molar-refractivity contribution in [3.63, 3.8) is 0 Å². The maximum Gasteiger partial charge on any atom is 0.407 e. The summed E-state index contributed by atoms with van der Waals surface area (Å²) >= 11 is 0.498. The Hall–Kier alpha value is -1.54. The molecule has 26 heavy (non-hydrogen) atoms. The largest absolute Gasteiger partial charge is 0.598 e. The lowest BCUT2D eigenvalue weighted by atomic mass is 10.1. The van der Waals surface area contributed by atoms with Gasteiger partial charge in [0.25, 0.3) is 0 Å². The molecule has 1 amide bonds. The minimum absolute atomic E-state index is 0.0253. The molecule has 5 nitrogen and oxygen atoms in total. The third kappa shape index (κ3) is 5.23. The van der Waals surface area contributed by atoms with Gasteiger partial charge in [-0.15, -0.1) is 16.1 Å². The van der Waals surface area contributed by atoms with E-state index in [-0.39, 0.29) is 10.8 Å². The molecule has 0 aliphatic rings. The number of benzene rings is 1. The van der Waals surface area contributed by atoms with Gasteiger partial charge in [0.2, 0.25) is 0 Å². The summed E-state index contributed by atoms with van der Waals surface area (Å²) in [7, 11) is 1.56. The van der Waals surface area contributed by atoms with Crippen LogP contribution < -0.4 is 4.72 Å². The van der Waals surface area contributed by atoms with Crippen molar-refractivity contribution in [2.24, 2.45) is 0 Å². The van der Waals surface area contributed by atoms with E-state index in [9.17, 15) is 9.35 Å². The Morgan fingerprint density at radius 1 is 1.31 bits per heavy atom. The van der Waals surface area contributed by atoms with Gasteiger partial charge in [-0.25, -0.2) is 4.79 Å². The van der Waals surface area contributed by atoms with Crippen LogP contribution in [0.25, 0.3) is 10.4 Å². The second-order valence-corrected chi connectivity index (χ2v) is 10.3. The summed E-state index contributed by atoms with van der Waals surface area (Å²) in [5.74, 6) is 0. The molecular formula is C19H26N2O3S2. The summed E-state index contributed by atoms with van der Waals surface area (Å²) < 4.78 is 15.2. The molecule has 1 aromatic carbocycles. The Balaban J connectivity index is 2.21. The number of thiophene rings is 1. The number of nitrogens with zero attached hydrogens (tertiary/aromatic N) is 1. The number of rotatable bonds is 6. The standard InChI is InChI=1S/C19H26N2O3S2/c1-13(20-26(24)19(2,3)4)16-10-11-17(25-16)15-9-7-6-8-14(15)12-21(5)18(22)23/h6-11,13,20H,12H2,1-5H3,(H,22,23)/t13-,26?/m1/s1. The van der Waals surface area contributed by atoms with E-state index in [4.69, 9.17) is 5.11 Å². The normalized spacial score (nSPS) is 14.1. The first-order valence-electron chi connectivity index (χ1n) is 8.39. The third-order valence-electron chi connectivity index (χ3n) is 3.91. The fourth-order valence-corrected chi connectivity index (χ4v) is 4.29.